The number of aliphatic carboxylic acids is 1. The molecule has 2 rings (SSSR count). The van der Waals surface area contributed by atoms with Crippen LogP contribution >= 0.6 is 0 Å². The van der Waals surface area contributed by atoms with Crippen LogP contribution in [-0.2, 0) is 11.3 Å². The first-order chi connectivity index (χ1) is 9.93. The Morgan fingerprint density at radius 1 is 1.48 bits per heavy atom. The van der Waals surface area contributed by atoms with Crippen LogP contribution in [0.1, 0.15) is 25.7 Å². The summed E-state index contributed by atoms with van der Waals surface area (Å²) < 4.78 is 7.22. The van der Waals surface area contributed by atoms with Gasteiger partial charge in [-0.2, -0.15) is 0 Å². The van der Waals surface area contributed by atoms with E-state index in [-0.39, 0.29) is 12.6 Å². The highest BCUT2D eigenvalue weighted by Crippen LogP contribution is 2.26. The predicted octanol–water partition coefficient (Wildman–Crippen LogP) is 2.14. The molecule has 0 spiro atoms. The fraction of sp³-hybridized carbons (Fsp3) is 0.467. The molecule has 0 radical (unpaired) electrons. The van der Waals surface area contributed by atoms with E-state index in [4.69, 9.17) is 9.84 Å². The lowest BCUT2D eigenvalue weighted by molar-refractivity contribution is -0.137. The van der Waals surface area contributed by atoms with Crippen LogP contribution in [0.15, 0.2) is 18.2 Å². The lowest BCUT2D eigenvalue weighted by Crippen LogP contribution is -2.22. The highest BCUT2D eigenvalue weighted by atomic mass is 16.5. The third-order valence-corrected chi connectivity index (χ3v) is 3.50. The van der Waals surface area contributed by atoms with Gasteiger partial charge >= 0.3 is 5.97 Å². The normalized spacial score (nSPS) is 12.8. The number of imidazole rings is 1. The van der Waals surface area contributed by atoms with Gasteiger partial charge in [0.05, 0.1) is 23.7 Å². The minimum Gasteiger partial charge on any atom is -0.494 e. The van der Waals surface area contributed by atoms with Crippen LogP contribution in [0.5, 0.6) is 5.75 Å². The number of hydrogen-bond acceptors (Lipinski definition) is 4. The number of rotatable bonds is 6. The van der Waals surface area contributed by atoms with Crippen molar-refractivity contribution in [3.8, 4) is 5.75 Å². The lowest BCUT2D eigenvalue weighted by Gasteiger charge is -2.20. The van der Waals surface area contributed by atoms with Gasteiger partial charge in [-0.05, 0) is 40.1 Å². The zero-order valence-electron chi connectivity index (χ0n) is 12.8. The Morgan fingerprint density at radius 3 is 2.76 bits per heavy atom. The summed E-state index contributed by atoms with van der Waals surface area (Å²) >= 11 is 0. The van der Waals surface area contributed by atoms with Crippen molar-refractivity contribution in [3.05, 3.63) is 24.0 Å². The SMILES string of the molecule is CCOc1ccc2c(c1)nc(C(C)N(C)C)n2CC(=O)O. The summed E-state index contributed by atoms with van der Waals surface area (Å²) in [5.74, 6) is 0.607. The van der Waals surface area contributed by atoms with Crippen LogP contribution in [0, 0.1) is 0 Å². The van der Waals surface area contributed by atoms with Gasteiger partial charge in [0, 0.05) is 6.07 Å². The number of carboxylic acid groups (broad SMARTS) is 1. The summed E-state index contributed by atoms with van der Waals surface area (Å²) in [5, 5.41) is 9.14. The van der Waals surface area contributed by atoms with Gasteiger partial charge in [-0.25, -0.2) is 4.98 Å². The standard InChI is InChI=1S/C15H21N3O3/c1-5-21-11-6-7-13-12(8-11)16-15(10(2)17(3)4)18(13)9-14(19)20/h6-8,10H,5,9H2,1-4H3,(H,19,20). The molecule has 6 nitrogen and oxygen atoms in total. The zero-order valence-corrected chi connectivity index (χ0v) is 12.8. The molecule has 0 aliphatic rings. The monoisotopic (exact) mass is 291 g/mol. The number of nitrogens with zero attached hydrogens (tertiary/aromatic N) is 3. The van der Waals surface area contributed by atoms with Crippen LogP contribution in [-0.4, -0.2) is 46.2 Å². The van der Waals surface area contributed by atoms with Crippen molar-refractivity contribution in [2.24, 2.45) is 0 Å². The number of carbonyl (C=O) groups is 1. The van der Waals surface area contributed by atoms with Gasteiger partial charge in [-0.3, -0.25) is 9.69 Å². The molecule has 0 amide bonds. The van der Waals surface area contributed by atoms with E-state index in [0.29, 0.717) is 6.61 Å². The molecule has 2 aromatic rings. The molecule has 1 unspecified atom stereocenters. The smallest absolute Gasteiger partial charge is 0.323 e. The molecule has 0 aliphatic heterocycles. The third kappa shape index (κ3) is 3.16. The molecule has 0 aliphatic carbocycles. The average Bonchev–Trinajstić information content (AvgIpc) is 2.75. The Labute approximate surface area is 124 Å². The van der Waals surface area contributed by atoms with Gasteiger partial charge in [-0.1, -0.05) is 0 Å². The summed E-state index contributed by atoms with van der Waals surface area (Å²) in [6.07, 6.45) is 0. The van der Waals surface area contributed by atoms with E-state index in [0.717, 1.165) is 22.6 Å². The molecule has 0 saturated carbocycles. The largest absolute Gasteiger partial charge is 0.494 e. The second-order valence-electron chi connectivity index (χ2n) is 5.17. The maximum atomic E-state index is 11.1. The Morgan fingerprint density at radius 2 is 2.19 bits per heavy atom. The molecule has 1 heterocycles. The number of aromatic nitrogens is 2. The molecular weight excluding hydrogens is 270 g/mol. The van der Waals surface area contributed by atoms with E-state index < -0.39 is 5.97 Å². The van der Waals surface area contributed by atoms with Gasteiger partial charge in [0.25, 0.3) is 0 Å². The molecule has 1 aromatic heterocycles. The summed E-state index contributed by atoms with van der Waals surface area (Å²) in [6.45, 7) is 4.41. The summed E-state index contributed by atoms with van der Waals surface area (Å²) in [7, 11) is 3.89. The summed E-state index contributed by atoms with van der Waals surface area (Å²) in [4.78, 5) is 17.7. The first-order valence-corrected chi connectivity index (χ1v) is 6.95. The minimum atomic E-state index is -0.879. The van der Waals surface area contributed by atoms with Crippen molar-refractivity contribution in [3.63, 3.8) is 0 Å². The van der Waals surface area contributed by atoms with Gasteiger partial charge in [0.2, 0.25) is 0 Å². The quantitative estimate of drug-likeness (QED) is 0.883. The Balaban J connectivity index is 2.57. The van der Waals surface area contributed by atoms with Crippen molar-refractivity contribution in [2.45, 2.75) is 26.4 Å². The minimum absolute atomic E-state index is 0.0206. The number of fused-ring (bicyclic) bond motifs is 1. The van der Waals surface area contributed by atoms with Crippen LogP contribution in [0.25, 0.3) is 11.0 Å². The van der Waals surface area contributed by atoms with E-state index >= 15 is 0 Å². The van der Waals surface area contributed by atoms with Crippen LogP contribution in [0.2, 0.25) is 0 Å². The highest BCUT2D eigenvalue weighted by Gasteiger charge is 2.20. The topological polar surface area (TPSA) is 67.6 Å². The van der Waals surface area contributed by atoms with Crippen molar-refractivity contribution in [2.75, 3.05) is 20.7 Å². The number of carboxylic acids is 1. The maximum absolute atomic E-state index is 11.1. The molecule has 6 heteroatoms. The Bertz CT molecular complexity index is 649. The van der Waals surface area contributed by atoms with E-state index in [1.54, 1.807) is 4.57 Å². The summed E-state index contributed by atoms with van der Waals surface area (Å²) in [6, 6.07) is 5.58. The molecule has 0 bridgehead atoms. The highest BCUT2D eigenvalue weighted by molar-refractivity contribution is 5.80. The van der Waals surface area contributed by atoms with Gasteiger partial charge in [0.1, 0.15) is 18.1 Å². The average molecular weight is 291 g/mol. The van der Waals surface area contributed by atoms with Crippen LogP contribution in [0.3, 0.4) is 0 Å². The molecule has 114 valence electrons. The van der Waals surface area contributed by atoms with Gasteiger partial charge in [0.15, 0.2) is 0 Å². The molecule has 1 atom stereocenters. The molecule has 0 fully saturated rings. The van der Waals surface area contributed by atoms with E-state index in [1.807, 2.05) is 51.0 Å². The zero-order chi connectivity index (χ0) is 15.6. The van der Waals surface area contributed by atoms with Gasteiger partial charge < -0.3 is 14.4 Å². The molecule has 0 saturated heterocycles. The van der Waals surface area contributed by atoms with E-state index in [1.165, 1.54) is 0 Å². The fourth-order valence-electron chi connectivity index (χ4n) is 2.24. The Hall–Kier alpha value is -2.08. The van der Waals surface area contributed by atoms with E-state index in [2.05, 4.69) is 4.98 Å². The number of ether oxygens (including phenoxy) is 1. The molecular formula is C15H21N3O3. The van der Waals surface area contributed by atoms with Crippen molar-refractivity contribution < 1.29 is 14.6 Å². The second-order valence-corrected chi connectivity index (χ2v) is 5.17. The lowest BCUT2D eigenvalue weighted by atomic mass is 10.3. The maximum Gasteiger partial charge on any atom is 0.323 e. The fourth-order valence-corrected chi connectivity index (χ4v) is 2.24. The number of hydrogen-bond donors (Lipinski definition) is 1. The predicted molar refractivity (Wildman–Crippen MR) is 80.6 cm³/mol. The summed E-state index contributed by atoms with van der Waals surface area (Å²) in [5.41, 5.74) is 1.57. The Kier molecular flexibility index (Phi) is 4.47. The first-order valence-electron chi connectivity index (χ1n) is 6.95. The molecule has 1 aromatic carbocycles. The first kappa shape index (κ1) is 15.3. The third-order valence-electron chi connectivity index (χ3n) is 3.50. The van der Waals surface area contributed by atoms with Crippen molar-refractivity contribution in [1.82, 2.24) is 14.5 Å². The molecule has 21 heavy (non-hydrogen) atoms. The van der Waals surface area contributed by atoms with Crippen LogP contribution in [0.4, 0.5) is 0 Å². The van der Waals surface area contributed by atoms with Crippen molar-refractivity contribution >= 4 is 17.0 Å². The van der Waals surface area contributed by atoms with Crippen molar-refractivity contribution in [1.29, 1.82) is 0 Å². The van der Waals surface area contributed by atoms with Crippen LogP contribution < -0.4 is 4.74 Å². The second kappa shape index (κ2) is 6.13. The van der Waals surface area contributed by atoms with E-state index in [9.17, 15) is 4.79 Å². The number of benzene rings is 1. The van der Waals surface area contributed by atoms with Gasteiger partial charge in [-0.15, -0.1) is 0 Å². The molecule has 1 N–H and O–H groups in total.